The minimum atomic E-state index is 0.0755. The van der Waals surface area contributed by atoms with Crippen molar-refractivity contribution >= 4 is 29.0 Å². The highest BCUT2D eigenvalue weighted by molar-refractivity contribution is 6.30. The molecule has 5 heteroatoms. The van der Waals surface area contributed by atoms with Gasteiger partial charge in [0.05, 0.1) is 0 Å². The van der Waals surface area contributed by atoms with E-state index in [-0.39, 0.29) is 11.7 Å². The Morgan fingerprint density at radius 2 is 1.59 bits per heavy atom. The first-order valence-electron chi connectivity index (χ1n) is 9.59. The second-order valence-electron chi connectivity index (χ2n) is 6.81. The van der Waals surface area contributed by atoms with Crippen LogP contribution in [0.2, 0.25) is 5.15 Å². The molecule has 0 aliphatic rings. The highest BCUT2D eigenvalue weighted by Crippen LogP contribution is 2.24. The number of Topliss-reactive ketones (excluding diaryl/α,β-unsaturated/α-hetero) is 1. The summed E-state index contributed by atoms with van der Waals surface area (Å²) in [6.45, 7) is 1.85. The molecule has 0 atom stereocenters. The normalized spacial score (nSPS) is 10.6. The Bertz CT molecular complexity index is 998. The van der Waals surface area contributed by atoms with Crippen LogP contribution in [0.4, 0.5) is 5.69 Å². The molecule has 0 saturated carbocycles. The average molecular weight is 407 g/mol. The van der Waals surface area contributed by atoms with Gasteiger partial charge in [-0.2, -0.15) is 0 Å². The summed E-state index contributed by atoms with van der Waals surface area (Å²) in [7, 11) is 1.78. The van der Waals surface area contributed by atoms with Crippen molar-refractivity contribution in [3.63, 3.8) is 0 Å². The molecule has 0 N–H and O–H groups in total. The summed E-state index contributed by atoms with van der Waals surface area (Å²) in [4.78, 5) is 30.0. The number of aromatic nitrogens is 1. The van der Waals surface area contributed by atoms with Crippen molar-refractivity contribution in [3.05, 3.63) is 83.1 Å². The number of rotatable bonds is 7. The quantitative estimate of drug-likeness (QED) is 0.379. The van der Waals surface area contributed by atoms with Crippen LogP contribution in [0.5, 0.6) is 0 Å². The lowest BCUT2D eigenvalue weighted by Crippen LogP contribution is -2.24. The standard InChI is InChI=1S/C24H23ClN2O2/c1-3-23(29)27(2)21-13-10-18(11-14-21)17-6-8-19(9-7-17)22(28)15-12-20-5-4-16-26-24(20)25/h4-11,13-14,16H,3,12,15H2,1-2H3. The third-order valence-corrected chi connectivity index (χ3v) is 5.27. The zero-order valence-corrected chi connectivity index (χ0v) is 17.3. The summed E-state index contributed by atoms with van der Waals surface area (Å²) in [5.74, 6) is 0.153. The zero-order chi connectivity index (χ0) is 20.8. The maximum absolute atomic E-state index is 12.5. The SMILES string of the molecule is CCC(=O)N(C)c1ccc(-c2ccc(C(=O)CCc3cccnc3Cl)cc2)cc1. The lowest BCUT2D eigenvalue weighted by molar-refractivity contribution is -0.118. The van der Waals surface area contributed by atoms with E-state index in [1.165, 1.54) is 0 Å². The molecule has 3 rings (SSSR count). The molecule has 0 bridgehead atoms. The largest absolute Gasteiger partial charge is 0.316 e. The van der Waals surface area contributed by atoms with Gasteiger partial charge >= 0.3 is 0 Å². The molecule has 0 aliphatic carbocycles. The van der Waals surface area contributed by atoms with Crippen LogP contribution in [0.25, 0.3) is 11.1 Å². The molecule has 1 amide bonds. The lowest BCUT2D eigenvalue weighted by atomic mass is 9.99. The van der Waals surface area contributed by atoms with Gasteiger partial charge in [-0.3, -0.25) is 9.59 Å². The number of anilines is 1. The van der Waals surface area contributed by atoms with Crippen LogP contribution in [0, 0.1) is 0 Å². The maximum atomic E-state index is 12.5. The fraction of sp³-hybridized carbons (Fsp3) is 0.208. The van der Waals surface area contributed by atoms with Crippen LogP contribution in [-0.4, -0.2) is 23.7 Å². The first-order chi connectivity index (χ1) is 14.0. The second kappa shape index (κ2) is 9.48. The Kier molecular flexibility index (Phi) is 6.78. The number of hydrogen-bond donors (Lipinski definition) is 0. The van der Waals surface area contributed by atoms with Crippen LogP contribution in [0.15, 0.2) is 66.9 Å². The summed E-state index contributed by atoms with van der Waals surface area (Å²) in [6.07, 6.45) is 3.06. The molecular formula is C24H23ClN2O2. The van der Waals surface area contributed by atoms with E-state index in [4.69, 9.17) is 11.6 Å². The second-order valence-corrected chi connectivity index (χ2v) is 7.17. The molecule has 0 spiro atoms. The molecule has 1 heterocycles. The van der Waals surface area contributed by atoms with Gasteiger partial charge in [-0.15, -0.1) is 0 Å². The Morgan fingerprint density at radius 3 is 2.17 bits per heavy atom. The van der Waals surface area contributed by atoms with E-state index in [2.05, 4.69) is 4.98 Å². The molecule has 0 radical (unpaired) electrons. The number of aryl methyl sites for hydroxylation is 1. The van der Waals surface area contributed by atoms with E-state index >= 15 is 0 Å². The Labute approximate surface area is 176 Å². The van der Waals surface area contributed by atoms with E-state index in [0.717, 1.165) is 22.4 Å². The monoisotopic (exact) mass is 406 g/mol. The lowest BCUT2D eigenvalue weighted by Gasteiger charge is -2.16. The van der Waals surface area contributed by atoms with Crippen LogP contribution >= 0.6 is 11.6 Å². The fourth-order valence-corrected chi connectivity index (χ4v) is 3.32. The number of amides is 1. The van der Waals surface area contributed by atoms with Gasteiger partial charge in [0.25, 0.3) is 0 Å². The molecule has 4 nitrogen and oxygen atoms in total. The molecule has 3 aromatic rings. The van der Waals surface area contributed by atoms with E-state index < -0.39 is 0 Å². The maximum Gasteiger partial charge on any atom is 0.226 e. The first kappa shape index (κ1) is 20.7. The van der Waals surface area contributed by atoms with Crippen LogP contribution in [0.1, 0.15) is 35.7 Å². The Balaban J connectivity index is 1.66. The van der Waals surface area contributed by atoms with Gasteiger partial charge in [-0.1, -0.05) is 61.0 Å². The molecule has 0 unspecified atom stereocenters. The van der Waals surface area contributed by atoms with E-state index in [1.807, 2.05) is 67.6 Å². The van der Waals surface area contributed by atoms with Crippen LogP contribution in [-0.2, 0) is 11.2 Å². The molecular weight excluding hydrogens is 384 g/mol. The van der Waals surface area contributed by atoms with Crippen LogP contribution < -0.4 is 4.90 Å². The number of halogens is 1. The number of carbonyl (C=O) groups is 2. The van der Waals surface area contributed by atoms with E-state index in [0.29, 0.717) is 30.0 Å². The molecule has 29 heavy (non-hydrogen) atoms. The molecule has 0 saturated heterocycles. The van der Waals surface area contributed by atoms with Crippen molar-refractivity contribution < 1.29 is 9.59 Å². The van der Waals surface area contributed by atoms with Gasteiger partial charge in [0, 0.05) is 37.3 Å². The minimum Gasteiger partial charge on any atom is -0.316 e. The number of pyridine rings is 1. The van der Waals surface area contributed by atoms with Crippen molar-refractivity contribution in [2.24, 2.45) is 0 Å². The third-order valence-electron chi connectivity index (χ3n) is 4.93. The molecule has 148 valence electrons. The molecule has 0 fully saturated rings. The Morgan fingerprint density at radius 1 is 0.966 bits per heavy atom. The van der Waals surface area contributed by atoms with Crippen molar-refractivity contribution in [1.29, 1.82) is 0 Å². The highest BCUT2D eigenvalue weighted by Gasteiger charge is 2.10. The average Bonchev–Trinajstić information content (AvgIpc) is 2.77. The van der Waals surface area contributed by atoms with Gasteiger partial charge in [0.15, 0.2) is 5.78 Å². The minimum absolute atomic E-state index is 0.0755. The Hall–Kier alpha value is -2.98. The fourth-order valence-electron chi connectivity index (χ4n) is 3.11. The third kappa shape index (κ3) is 5.09. The van der Waals surface area contributed by atoms with Crippen molar-refractivity contribution in [3.8, 4) is 11.1 Å². The summed E-state index contributed by atoms with van der Waals surface area (Å²) in [6, 6.07) is 19.1. The highest BCUT2D eigenvalue weighted by atomic mass is 35.5. The van der Waals surface area contributed by atoms with Crippen molar-refractivity contribution in [2.75, 3.05) is 11.9 Å². The van der Waals surface area contributed by atoms with Gasteiger partial charge < -0.3 is 4.90 Å². The predicted molar refractivity (Wildman–Crippen MR) is 117 cm³/mol. The first-order valence-corrected chi connectivity index (χ1v) is 9.97. The number of hydrogen-bond acceptors (Lipinski definition) is 3. The van der Waals surface area contributed by atoms with Crippen LogP contribution in [0.3, 0.4) is 0 Å². The molecule has 1 aromatic heterocycles. The number of benzene rings is 2. The zero-order valence-electron chi connectivity index (χ0n) is 16.6. The van der Waals surface area contributed by atoms with Gasteiger partial charge in [0.2, 0.25) is 5.91 Å². The predicted octanol–water partition coefficient (Wildman–Crippen LogP) is 5.59. The van der Waals surface area contributed by atoms with Crippen molar-refractivity contribution in [2.45, 2.75) is 26.2 Å². The number of carbonyl (C=O) groups excluding carboxylic acids is 2. The summed E-state index contributed by atoms with van der Waals surface area (Å²) in [5.41, 5.74) is 4.48. The van der Waals surface area contributed by atoms with Gasteiger partial charge in [-0.25, -0.2) is 4.98 Å². The number of ketones is 1. The smallest absolute Gasteiger partial charge is 0.226 e. The van der Waals surface area contributed by atoms with Gasteiger partial charge in [0.1, 0.15) is 5.15 Å². The van der Waals surface area contributed by atoms with Gasteiger partial charge in [-0.05, 0) is 41.3 Å². The van der Waals surface area contributed by atoms with E-state index in [1.54, 1.807) is 18.1 Å². The molecule has 0 aliphatic heterocycles. The summed E-state index contributed by atoms with van der Waals surface area (Å²) >= 11 is 6.05. The molecule has 2 aromatic carbocycles. The number of nitrogens with zero attached hydrogens (tertiary/aromatic N) is 2. The van der Waals surface area contributed by atoms with E-state index in [9.17, 15) is 9.59 Å². The summed E-state index contributed by atoms with van der Waals surface area (Å²) < 4.78 is 0. The topological polar surface area (TPSA) is 50.3 Å². The summed E-state index contributed by atoms with van der Waals surface area (Å²) in [5, 5.41) is 0.449. The van der Waals surface area contributed by atoms with Crippen molar-refractivity contribution in [1.82, 2.24) is 4.98 Å².